The highest BCUT2D eigenvalue weighted by molar-refractivity contribution is 7.88. The van der Waals surface area contributed by atoms with Crippen molar-refractivity contribution in [1.82, 2.24) is 19.4 Å². The molecule has 258 valence electrons. The third-order valence-corrected chi connectivity index (χ3v) is 10.3. The first-order valence-electron chi connectivity index (χ1n) is 16.4. The van der Waals surface area contributed by atoms with Gasteiger partial charge in [-0.25, -0.2) is 8.42 Å². The first kappa shape index (κ1) is 35.4. The van der Waals surface area contributed by atoms with Crippen LogP contribution in [0.4, 0.5) is 0 Å². The predicted octanol–water partition coefficient (Wildman–Crippen LogP) is 2.67. The summed E-state index contributed by atoms with van der Waals surface area (Å²) in [6.45, 7) is 1.17. The number of piperidine rings is 1. The van der Waals surface area contributed by atoms with Gasteiger partial charge in [-0.3, -0.25) is 24.5 Å². The molecular formula is C36H42N6O6S. The fourth-order valence-corrected chi connectivity index (χ4v) is 7.53. The van der Waals surface area contributed by atoms with Gasteiger partial charge in [0.1, 0.15) is 12.1 Å². The van der Waals surface area contributed by atoms with Crippen LogP contribution in [0.3, 0.4) is 0 Å². The standard InChI is InChI=1S/C36H42N6O6S/c1-49(47,48)42(31(24-26-12-5-2-6-13-26)35(46)41-21-11-18-30(41)32(37)43)25-27-19-22-40(23-20-27)36(38-33(44)28-14-7-3-8-15-28)39-34(45)29-16-9-4-10-17-29/h2-10,12-17,27,30-31H,11,18-25H2,1H3,(H2,37,43)(H,38,39,44,45)/t30-,31+/m0/s1. The number of primary amides is 1. The van der Waals surface area contributed by atoms with E-state index in [1.54, 1.807) is 60.7 Å². The fraction of sp³-hybridized carbons (Fsp3) is 0.361. The van der Waals surface area contributed by atoms with E-state index in [1.807, 2.05) is 35.2 Å². The van der Waals surface area contributed by atoms with Gasteiger partial charge in [-0.1, -0.05) is 66.7 Å². The Morgan fingerprint density at radius 1 is 0.857 bits per heavy atom. The molecule has 2 heterocycles. The minimum Gasteiger partial charge on any atom is -0.368 e. The Kier molecular flexibility index (Phi) is 11.6. The lowest BCUT2D eigenvalue weighted by atomic mass is 9.95. The molecule has 3 aromatic rings. The molecule has 13 heteroatoms. The third-order valence-electron chi connectivity index (χ3n) is 9.04. The Balaban J connectivity index is 1.36. The van der Waals surface area contributed by atoms with Crippen molar-refractivity contribution in [3.8, 4) is 0 Å². The summed E-state index contributed by atoms with van der Waals surface area (Å²) in [4.78, 5) is 60.1. The molecule has 0 unspecified atom stereocenters. The van der Waals surface area contributed by atoms with Crippen molar-refractivity contribution < 1.29 is 27.6 Å². The Bertz CT molecular complexity index is 1760. The summed E-state index contributed by atoms with van der Waals surface area (Å²) >= 11 is 0. The van der Waals surface area contributed by atoms with E-state index in [2.05, 4.69) is 10.3 Å². The molecule has 2 saturated heterocycles. The van der Waals surface area contributed by atoms with Crippen LogP contribution in [-0.2, 0) is 26.0 Å². The molecule has 0 bridgehead atoms. The van der Waals surface area contributed by atoms with E-state index < -0.39 is 45.7 Å². The molecule has 0 spiro atoms. The minimum atomic E-state index is -3.89. The van der Waals surface area contributed by atoms with Crippen molar-refractivity contribution in [3.63, 3.8) is 0 Å². The molecule has 3 aromatic carbocycles. The average molecular weight is 687 g/mol. The first-order valence-corrected chi connectivity index (χ1v) is 18.3. The lowest BCUT2D eigenvalue weighted by Gasteiger charge is -2.38. The van der Waals surface area contributed by atoms with Gasteiger partial charge in [-0.2, -0.15) is 9.30 Å². The zero-order valence-corrected chi connectivity index (χ0v) is 28.3. The summed E-state index contributed by atoms with van der Waals surface area (Å²) in [6.07, 6.45) is 3.29. The van der Waals surface area contributed by atoms with Crippen LogP contribution in [0.1, 0.15) is 52.0 Å². The van der Waals surface area contributed by atoms with E-state index in [4.69, 9.17) is 5.73 Å². The van der Waals surface area contributed by atoms with Crippen LogP contribution in [0.5, 0.6) is 0 Å². The number of guanidine groups is 1. The smallest absolute Gasteiger partial charge is 0.280 e. The molecule has 4 amide bonds. The maximum Gasteiger partial charge on any atom is 0.280 e. The molecule has 0 aliphatic carbocycles. The maximum atomic E-state index is 14.1. The molecule has 2 fully saturated rings. The van der Waals surface area contributed by atoms with Crippen LogP contribution < -0.4 is 11.1 Å². The largest absolute Gasteiger partial charge is 0.368 e. The highest BCUT2D eigenvalue weighted by Crippen LogP contribution is 2.26. The molecule has 2 aliphatic rings. The lowest BCUT2D eigenvalue weighted by molar-refractivity contribution is -0.140. The van der Waals surface area contributed by atoms with Gasteiger partial charge in [0.25, 0.3) is 11.8 Å². The molecule has 12 nitrogen and oxygen atoms in total. The number of nitrogens with two attached hydrogens (primary N) is 1. The predicted molar refractivity (Wildman–Crippen MR) is 186 cm³/mol. The van der Waals surface area contributed by atoms with Gasteiger partial charge < -0.3 is 15.5 Å². The molecular weight excluding hydrogens is 644 g/mol. The number of likely N-dealkylation sites (tertiary alicyclic amines) is 2. The van der Waals surface area contributed by atoms with Crippen LogP contribution in [0.25, 0.3) is 0 Å². The molecule has 2 atom stereocenters. The number of aliphatic imine (C=N–C) groups is 1. The summed E-state index contributed by atoms with van der Waals surface area (Å²) in [5.74, 6) is -1.99. The summed E-state index contributed by atoms with van der Waals surface area (Å²) in [6, 6.07) is 24.5. The van der Waals surface area contributed by atoms with Crippen molar-refractivity contribution in [1.29, 1.82) is 0 Å². The number of nitrogens with one attached hydrogen (secondary N) is 1. The summed E-state index contributed by atoms with van der Waals surface area (Å²) < 4.78 is 28.1. The zero-order valence-electron chi connectivity index (χ0n) is 27.5. The van der Waals surface area contributed by atoms with E-state index in [0.29, 0.717) is 56.4 Å². The molecule has 0 aromatic heterocycles. The van der Waals surface area contributed by atoms with Crippen molar-refractivity contribution in [2.75, 3.05) is 32.4 Å². The van der Waals surface area contributed by atoms with Gasteiger partial charge in [0, 0.05) is 37.3 Å². The Morgan fingerprint density at radius 3 is 2.00 bits per heavy atom. The summed E-state index contributed by atoms with van der Waals surface area (Å²) in [5, 5.41) is 2.81. The second-order valence-electron chi connectivity index (χ2n) is 12.5. The third kappa shape index (κ3) is 9.18. The highest BCUT2D eigenvalue weighted by Gasteiger charge is 2.42. The van der Waals surface area contributed by atoms with E-state index in [0.717, 1.165) is 11.8 Å². The quantitative estimate of drug-likeness (QED) is 0.245. The van der Waals surface area contributed by atoms with Crippen LogP contribution in [0.15, 0.2) is 96.0 Å². The minimum absolute atomic E-state index is 0.0801. The average Bonchev–Trinajstić information content (AvgIpc) is 3.61. The monoisotopic (exact) mass is 686 g/mol. The fourth-order valence-electron chi connectivity index (χ4n) is 6.43. The Hall–Kier alpha value is -4.88. The normalized spacial score (nSPS) is 17.9. The zero-order chi connectivity index (χ0) is 35.0. The van der Waals surface area contributed by atoms with Crippen LogP contribution >= 0.6 is 0 Å². The van der Waals surface area contributed by atoms with Crippen molar-refractivity contribution in [2.24, 2.45) is 16.6 Å². The van der Waals surface area contributed by atoms with Crippen LogP contribution in [0, 0.1) is 5.92 Å². The first-order chi connectivity index (χ1) is 23.5. The number of hydrogen-bond acceptors (Lipinski definition) is 6. The molecule has 3 N–H and O–H groups in total. The van der Waals surface area contributed by atoms with E-state index >= 15 is 0 Å². The summed E-state index contributed by atoms with van der Waals surface area (Å²) in [7, 11) is -3.89. The van der Waals surface area contributed by atoms with Crippen molar-refractivity contribution in [2.45, 2.75) is 44.2 Å². The molecule has 5 rings (SSSR count). The van der Waals surface area contributed by atoms with Gasteiger partial charge in [0.15, 0.2) is 0 Å². The number of hydrogen-bond donors (Lipinski definition) is 2. The SMILES string of the molecule is CS(=O)(=O)N(CC1CCN(C(=NC(=O)c2ccccc2)NC(=O)c2ccccc2)CC1)[C@H](Cc1ccccc1)C(=O)N1CCC[C@H]1C(N)=O. The van der Waals surface area contributed by atoms with Crippen molar-refractivity contribution in [3.05, 3.63) is 108 Å². The number of amides is 4. The number of rotatable bonds is 10. The van der Waals surface area contributed by atoms with E-state index in [1.165, 1.54) is 9.21 Å². The van der Waals surface area contributed by atoms with Gasteiger partial charge in [-0.15, -0.1) is 0 Å². The Labute approximate surface area is 287 Å². The second-order valence-corrected chi connectivity index (χ2v) is 14.4. The second kappa shape index (κ2) is 16.0. The molecule has 49 heavy (non-hydrogen) atoms. The molecule has 0 radical (unpaired) electrons. The number of sulfonamides is 1. The van der Waals surface area contributed by atoms with Gasteiger partial charge in [-0.05, 0) is 67.9 Å². The number of nitrogens with zero attached hydrogens (tertiary/aromatic N) is 4. The highest BCUT2D eigenvalue weighted by atomic mass is 32.2. The summed E-state index contributed by atoms with van der Waals surface area (Å²) in [5.41, 5.74) is 7.20. The molecule has 0 saturated carbocycles. The van der Waals surface area contributed by atoms with Gasteiger partial charge >= 0.3 is 0 Å². The Morgan fingerprint density at radius 2 is 1.43 bits per heavy atom. The number of benzene rings is 3. The molecule has 2 aliphatic heterocycles. The van der Waals surface area contributed by atoms with Crippen molar-refractivity contribution >= 4 is 39.6 Å². The lowest BCUT2D eigenvalue weighted by Crippen LogP contribution is -2.56. The van der Waals surface area contributed by atoms with Gasteiger partial charge in [0.05, 0.1) is 6.26 Å². The maximum absolute atomic E-state index is 14.1. The number of carbonyl (C=O) groups is 4. The topological polar surface area (TPSA) is 163 Å². The van der Waals surface area contributed by atoms with E-state index in [9.17, 15) is 27.6 Å². The van der Waals surface area contributed by atoms with E-state index in [-0.39, 0.29) is 24.8 Å². The van der Waals surface area contributed by atoms with Crippen LogP contribution in [-0.4, -0.2) is 96.6 Å². The van der Waals surface area contributed by atoms with Crippen LogP contribution in [0.2, 0.25) is 0 Å². The number of carbonyl (C=O) groups excluding carboxylic acids is 4. The van der Waals surface area contributed by atoms with Gasteiger partial charge in [0.2, 0.25) is 27.8 Å².